The third kappa shape index (κ3) is 5.63. The van der Waals surface area contributed by atoms with Crippen LogP contribution >= 0.6 is 0 Å². The first-order chi connectivity index (χ1) is 18.0. The number of benzene rings is 2. The van der Waals surface area contributed by atoms with Gasteiger partial charge in [-0.05, 0) is 48.2 Å². The van der Waals surface area contributed by atoms with Crippen LogP contribution < -0.4 is 15.4 Å². The quantitative estimate of drug-likeness (QED) is 0.352. The molecule has 1 amide bonds. The Hall–Kier alpha value is -3.82. The summed E-state index contributed by atoms with van der Waals surface area (Å²) in [5.41, 5.74) is 10.9. The van der Waals surface area contributed by atoms with E-state index in [-0.39, 0.29) is 31.4 Å². The maximum absolute atomic E-state index is 12.8. The Morgan fingerprint density at radius 3 is 2.11 bits per heavy atom. The number of nitrogens with two attached hydrogens (primary N) is 1. The number of aromatic nitrogens is 2. The van der Waals surface area contributed by atoms with Gasteiger partial charge in [0.05, 0.1) is 13.2 Å². The van der Waals surface area contributed by atoms with Crippen LogP contribution in [-0.4, -0.2) is 60.0 Å². The molecule has 2 aliphatic heterocycles. The van der Waals surface area contributed by atoms with Crippen LogP contribution in [0.15, 0.2) is 48.5 Å². The summed E-state index contributed by atoms with van der Waals surface area (Å²) in [4.78, 5) is 37.6. The van der Waals surface area contributed by atoms with Gasteiger partial charge in [0.15, 0.2) is 0 Å². The highest BCUT2D eigenvalue weighted by Gasteiger charge is 2.35. The molecule has 0 spiro atoms. The van der Waals surface area contributed by atoms with E-state index in [0.29, 0.717) is 18.0 Å². The Morgan fingerprint density at radius 2 is 1.49 bits per heavy atom. The number of rotatable bonds is 9. The van der Waals surface area contributed by atoms with Crippen LogP contribution in [0.5, 0.6) is 6.01 Å². The van der Waals surface area contributed by atoms with E-state index in [1.807, 2.05) is 24.3 Å². The van der Waals surface area contributed by atoms with Gasteiger partial charge in [-0.2, -0.15) is 9.97 Å². The number of carbonyl (C=O) groups is 2. The molecule has 37 heavy (non-hydrogen) atoms. The van der Waals surface area contributed by atoms with Gasteiger partial charge in [-0.1, -0.05) is 48.5 Å². The summed E-state index contributed by atoms with van der Waals surface area (Å²) in [7, 11) is 1.56. The maximum Gasteiger partial charge on any atom is 0.320 e. The fraction of sp³-hybridized carbons (Fsp3) is 0.357. The molecule has 2 N–H and O–H groups in total. The van der Waals surface area contributed by atoms with Crippen molar-refractivity contribution in [2.75, 3.05) is 44.0 Å². The molecule has 3 aromatic rings. The second kappa shape index (κ2) is 11.1. The summed E-state index contributed by atoms with van der Waals surface area (Å²) in [6, 6.07) is 16.7. The number of ketones is 1. The fourth-order valence-electron chi connectivity index (χ4n) is 4.76. The molecular formula is C28H31N5O4. The zero-order valence-electron chi connectivity index (χ0n) is 21.0. The second-order valence-electron chi connectivity index (χ2n) is 9.40. The summed E-state index contributed by atoms with van der Waals surface area (Å²) >= 11 is 0. The molecule has 1 fully saturated rings. The van der Waals surface area contributed by atoms with Crippen molar-refractivity contribution < 1.29 is 19.1 Å². The number of fused-ring (bicyclic) bond motifs is 1. The Balaban J connectivity index is 1.32. The number of anilines is 2. The van der Waals surface area contributed by atoms with E-state index in [1.165, 1.54) is 36.4 Å². The Bertz CT molecular complexity index is 1270. The number of nitrogens with zero attached hydrogens (tertiary/aromatic N) is 4. The maximum atomic E-state index is 12.8. The smallest absolute Gasteiger partial charge is 0.320 e. The van der Waals surface area contributed by atoms with Crippen LogP contribution in [0.25, 0.3) is 11.1 Å². The van der Waals surface area contributed by atoms with Crippen molar-refractivity contribution in [1.82, 2.24) is 14.9 Å². The normalized spacial score (nSPS) is 15.8. The van der Waals surface area contributed by atoms with Crippen molar-refractivity contribution >= 4 is 23.3 Å². The van der Waals surface area contributed by atoms with E-state index >= 15 is 0 Å². The zero-order valence-corrected chi connectivity index (χ0v) is 21.0. The van der Waals surface area contributed by atoms with Crippen molar-refractivity contribution in [3.63, 3.8) is 0 Å². The van der Waals surface area contributed by atoms with E-state index in [2.05, 4.69) is 39.1 Å². The van der Waals surface area contributed by atoms with Crippen LogP contribution in [0.1, 0.15) is 29.5 Å². The third-order valence-corrected chi connectivity index (χ3v) is 6.78. The van der Waals surface area contributed by atoms with Crippen molar-refractivity contribution in [2.45, 2.75) is 32.4 Å². The van der Waals surface area contributed by atoms with E-state index in [4.69, 9.17) is 15.2 Å². The van der Waals surface area contributed by atoms with E-state index in [9.17, 15) is 9.59 Å². The second-order valence-corrected chi connectivity index (χ2v) is 9.40. The van der Waals surface area contributed by atoms with Gasteiger partial charge in [0, 0.05) is 25.6 Å². The molecule has 1 saturated heterocycles. The lowest BCUT2D eigenvalue weighted by Crippen LogP contribution is -2.42. The highest BCUT2D eigenvalue weighted by molar-refractivity contribution is 6.43. The number of hydrogen-bond acceptors (Lipinski definition) is 8. The Morgan fingerprint density at radius 1 is 0.865 bits per heavy atom. The molecule has 0 atom stereocenters. The van der Waals surface area contributed by atoms with Gasteiger partial charge in [0.1, 0.15) is 18.2 Å². The molecule has 9 nitrogen and oxygen atoms in total. The van der Waals surface area contributed by atoms with Crippen molar-refractivity contribution in [2.24, 2.45) is 0 Å². The van der Waals surface area contributed by atoms with Crippen molar-refractivity contribution in [3.8, 4) is 17.1 Å². The third-order valence-electron chi connectivity index (χ3n) is 6.78. The molecule has 9 heteroatoms. The minimum absolute atomic E-state index is 0.0453. The van der Waals surface area contributed by atoms with Crippen molar-refractivity contribution in [3.05, 3.63) is 65.2 Å². The number of amides is 1. The molecule has 0 unspecified atom stereocenters. The number of ether oxygens (including phenoxy) is 2. The predicted molar refractivity (Wildman–Crippen MR) is 140 cm³/mol. The first-order valence-corrected chi connectivity index (χ1v) is 12.6. The van der Waals surface area contributed by atoms with Gasteiger partial charge in [0.2, 0.25) is 5.78 Å². The topological polar surface area (TPSA) is 111 Å². The largest absolute Gasteiger partial charge is 0.461 e. The molecule has 1 aromatic heterocycles. The molecule has 2 aliphatic rings. The van der Waals surface area contributed by atoms with Gasteiger partial charge >= 0.3 is 6.01 Å². The average molecular weight is 502 g/mol. The molecule has 0 saturated carbocycles. The van der Waals surface area contributed by atoms with Crippen LogP contribution in [-0.2, 0) is 33.8 Å². The van der Waals surface area contributed by atoms with Crippen molar-refractivity contribution in [1.29, 1.82) is 0 Å². The Labute approximate surface area is 216 Å². The Kier molecular flexibility index (Phi) is 7.43. The van der Waals surface area contributed by atoms with E-state index in [1.54, 1.807) is 7.11 Å². The fourth-order valence-corrected chi connectivity index (χ4v) is 4.76. The van der Waals surface area contributed by atoms with Crippen LogP contribution in [0.4, 0.5) is 11.6 Å². The van der Waals surface area contributed by atoms with Crippen LogP contribution in [0, 0.1) is 0 Å². The minimum atomic E-state index is -0.619. The summed E-state index contributed by atoms with van der Waals surface area (Å²) in [5, 5.41) is 0. The predicted octanol–water partition coefficient (Wildman–Crippen LogP) is 3.01. The highest BCUT2D eigenvalue weighted by Crippen LogP contribution is 2.31. The molecule has 0 aliphatic carbocycles. The van der Waals surface area contributed by atoms with Gasteiger partial charge in [-0.3, -0.25) is 19.4 Å². The standard InChI is InChI=1S/C28H31N5O4/c1-36-14-15-37-28-30-25(29)23-16-24(34)27(35)33(26(23)31-28)18-20-6-10-22(11-7-20)21-8-4-19(5-9-21)17-32-12-2-3-13-32/h4-11H,2-3,12-18H2,1H3,(H2,29,30,31). The number of carbonyl (C=O) groups excluding carboxylic acids is 2. The lowest BCUT2D eigenvalue weighted by Gasteiger charge is -2.28. The molecule has 5 rings (SSSR count). The van der Waals surface area contributed by atoms with Gasteiger partial charge in [0.25, 0.3) is 5.91 Å². The molecule has 0 bridgehead atoms. The molecule has 3 heterocycles. The summed E-state index contributed by atoms with van der Waals surface area (Å²) < 4.78 is 10.5. The lowest BCUT2D eigenvalue weighted by molar-refractivity contribution is -0.136. The summed E-state index contributed by atoms with van der Waals surface area (Å²) in [5.74, 6) is -0.721. The number of methoxy groups -OCH3 is 1. The molecule has 2 aromatic carbocycles. The number of hydrogen-bond donors (Lipinski definition) is 1. The zero-order chi connectivity index (χ0) is 25.8. The first-order valence-electron chi connectivity index (χ1n) is 12.6. The lowest BCUT2D eigenvalue weighted by atomic mass is 10.0. The molecule has 0 radical (unpaired) electrons. The summed E-state index contributed by atoms with van der Waals surface area (Å²) in [6.07, 6.45) is 2.45. The SMILES string of the molecule is COCCOc1nc(N)c2c(n1)N(Cc1ccc(-c3ccc(CN4CCCC4)cc3)cc1)C(=O)C(=O)C2. The highest BCUT2D eigenvalue weighted by atomic mass is 16.5. The van der Waals surface area contributed by atoms with Gasteiger partial charge in [-0.15, -0.1) is 0 Å². The monoisotopic (exact) mass is 501 g/mol. The van der Waals surface area contributed by atoms with Gasteiger partial charge < -0.3 is 15.2 Å². The number of Topliss-reactive ketones (excluding diaryl/α,β-unsaturated/α-hetero) is 1. The molecule has 192 valence electrons. The van der Waals surface area contributed by atoms with E-state index < -0.39 is 11.7 Å². The van der Waals surface area contributed by atoms with Gasteiger partial charge in [-0.25, -0.2) is 0 Å². The summed E-state index contributed by atoms with van der Waals surface area (Å²) in [6.45, 7) is 4.13. The van der Waals surface area contributed by atoms with E-state index in [0.717, 1.165) is 23.2 Å². The number of likely N-dealkylation sites (tertiary alicyclic amines) is 1. The number of nitrogen functional groups attached to an aromatic ring is 1. The minimum Gasteiger partial charge on any atom is -0.461 e. The average Bonchev–Trinajstić information content (AvgIpc) is 3.42. The first kappa shape index (κ1) is 24.9. The molecular weight excluding hydrogens is 470 g/mol. The van der Waals surface area contributed by atoms with Crippen LogP contribution in [0.3, 0.4) is 0 Å². The van der Waals surface area contributed by atoms with Crippen LogP contribution in [0.2, 0.25) is 0 Å².